The average Bonchev–Trinajstić information content (AvgIpc) is 2.45. The quantitative estimate of drug-likeness (QED) is 0.885. The predicted molar refractivity (Wildman–Crippen MR) is 79.8 cm³/mol. The first kappa shape index (κ1) is 14.9. The number of nitrogens with one attached hydrogen (secondary N) is 1. The molecule has 0 spiro atoms. The van der Waals surface area contributed by atoms with Crippen LogP contribution in [0.1, 0.15) is 30.1 Å². The summed E-state index contributed by atoms with van der Waals surface area (Å²) in [7, 11) is 2.14. The van der Waals surface area contributed by atoms with Crippen molar-refractivity contribution in [3.05, 3.63) is 29.8 Å². The van der Waals surface area contributed by atoms with Crippen LogP contribution in [0.25, 0.3) is 0 Å². The Morgan fingerprint density at radius 2 is 2.05 bits per heavy atom. The van der Waals surface area contributed by atoms with E-state index in [4.69, 9.17) is 0 Å². The Hall–Kier alpha value is -1.55. The molecule has 0 aromatic heterocycles. The highest BCUT2D eigenvalue weighted by Crippen LogP contribution is 2.25. The highest BCUT2D eigenvalue weighted by molar-refractivity contribution is 5.94. The summed E-state index contributed by atoms with van der Waals surface area (Å²) in [5.74, 6) is 1.35. The van der Waals surface area contributed by atoms with Crippen molar-refractivity contribution in [2.45, 2.75) is 19.8 Å². The number of rotatable bonds is 4. The van der Waals surface area contributed by atoms with Crippen LogP contribution in [-0.4, -0.2) is 42.6 Å². The molecule has 1 fully saturated rings. The van der Waals surface area contributed by atoms with Crippen LogP contribution in [0, 0.1) is 11.8 Å². The lowest BCUT2D eigenvalue weighted by molar-refractivity contribution is 0.0908. The Balaban J connectivity index is 1.90. The summed E-state index contributed by atoms with van der Waals surface area (Å²) in [4.78, 5) is 14.4. The number of amides is 1. The fraction of sp³-hybridized carbons (Fsp3) is 0.562. The summed E-state index contributed by atoms with van der Waals surface area (Å²) in [5.41, 5.74) is 0.597. The van der Waals surface area contributed by atoms with Crippen LogP contribution in [-0.2, 0) is 0 Å². The molecule has 1 aliphatic rings. The van der Waals surface area contributed by atoms with Crippen molar-refractivity contribution in [3.8, 4) is 5.75 Å². The molecule has 1 amide bonds. The van der Waals surface area contributed by atoms with Crippen LogP contribution in [0.5, 0.6) is 5.75 Å². The molecule has 4 heteroatoms. The molecule has 1 aromatic rings. The summed E-state index contributed by atoms with van der Waals surface area (Å²) in [6, 6.07) is 6.38. The number of phenolic OH excluding ortho intramolecular Hbond substituents is 1. The van der Waals surface area contributed by atoms with E-state index < -0.39 is 0 Å². The second kappa shape index (κ2) is 6.75. The topological polar surface area (TPSA) is 52.6 Å². The van der Waals surface area contributed by atoms with E-state index in [-0.39, 0.29) is 11.7 Å². The fourth-order valence-electron chi connectivity index (χ4n) is 2.97. The number of carbonyl (C=O) groups is 1. The third kappa shape index (κ3) is 3.73. The first-order valence-corrected chi connectivity index (χ1v) is 7.36. The molecule has 0 aliphatic carbocycles. The van der Waals surface area contributed by atoms with Gasteiger partial charge in [-0.3, -0.25) is 4.79 Å². The minimum atomic E-state index is -0.0620. The summed E-state index contributed by atoms with van der Waals surface area (Å²) in [6.07, 6.45) is 2.39. The molecular weight excluding hydrogens is 252 g/mol. The number of hydrogen-bond acceptors (Lipinski definition) is 3. The third-order valence-electron chi connectivity index (χ3n) is 4.27. The van der Waals surface area contributed by atoms with Crippen LogP contribution in [0.15, 0.2) is 24.3 Å². The van der Waals surface area contributed by atoms with Crippen molar-refractivity contribution in [2.75, 3.05) is 26.7 Å². The van der Waals surface area contributed by atoms with Gasteiger partial charge in [0, 0.05) is 18.7 Å². The number of phenols is 1. The van der Waals surface area contributed by atoms with Gasteiger partial charge in [-0.05, 0) is 56.1 Å². The van der Waals surface area contributed by atoms with E-state index in [9.17, 15) is 9.90 Å². The van der Waals surface area contributed by atoms with Crippen molar-refractivity contribution in [1.82, 2.24) is 10.2 Å². The lowest BCUT2D eigenvalue weighted by Crippen LogP contribution is -2.43. The van der Waals surface area contributed by atoms with E-state index in [2.05, 4.69) is 24.2 Å². The Morgan fingerprint density at radius 3 is 2.70 bits per heavy atom. The molecule has 20 heavy (non-hydrogen) atoms. The first-order chi connectivity index (χ1) is 9.60. The molecule has 2 N–H and O–H groups in total. The largest absolute Gasteiger partial charge is 0.508 e. The average molecular weight is 276 g/mol. The monoisotopic (exact) mass is 276 g/mol. The van der Waals surface area contributed by atoms with Gasteiger partial charge in [-0.25, -0.2) is 0 Å². The van der Waals surface area contributed by atoms with Gasteiger partial charge >= 0.3 is 0 Å². The number of piperidine rings is 1. The molecule has 1 heterocycles. The number of benzene rings is 1. The van der Waals surface area contributed by atoms with E-state index in [1.165, 1.54) is 25.0 Å². The normalized spacial score (nSPS) is 23.5. The molecule has 1 aliphatic heterocycles. The van der Waals surface area contributed by atoms with Crippen LogP contribution in [0.4, 0.5) is 0 Å². The van der Waals surface area contributed by atoms with Gasteiger partial charge < -0.3 is 15.3 Å². The van der Waals surface area contributed by atoms with E-state index in [0.717, 1.165) is 19.6 Å². The van der Waals surface area contributed by atoms with Gasteiger partial charge in [0.05, 0.1) is 0 Å². The molecule has 0 bridgehead atoms. The van der Waals surface area contributed by atoms with E-state index in [1.807, 2.05) is 0 Å². The molecule has 2 rings (SSSR count). The maximum absolute atomic E-state index is 12.1. The Labute approximate surface area is 120 Å². The maximum Gasteiger partial charge on any atom is 0.251 e. The summed E-state index contributed by atoms with van der Waals surface area (Å²) >= 11 is 0. The van der Waals surface area contributed by atoms with Crippen LogP contribution < -0.4 is 5.32 Å². The number of nitrogens with zero attached hydrogens (tertiary/aromatic N) is 1. The van der Waals surface area contributed by atoms with Crippen LogP contribution in [0.2, 0.25) is 0 Å². The molecular formula is C16H24N2O2. The number of aromatic hydroxyl groups is 1. The summed E-state index contributed by atoms with van der Waals surface area (Å²) in [6.45, 7) is 5.16. The molecule has 2 unspecified atom stereocenters. The van der Waals surface area contributed by atoms with Gasteiger partial charge in [-0.1, -0.05) is 13.3 Å². The second-order valence-electron chi connectivity index (χ2n) is 5.74. The Bertz CT molecular complexity index is 444. The zero-order valence-electron chi connectivity index (χ0n) is 12.3. The van der Waals surface area contributed by atoms with Crippen LogP contribution >= 0.6 is 0 Å². The first-order valence-electron chi connectivity index (χ1n) is 7.36. The predicted octanol–water partition coefficient (Wildman–Crippen LogP) is 2.10. The van der Waals surface area contributed by atoms with Gasteiger partial charge in [0.1, 0.15) is 5.75 Å². The number of carbonyl (C=O) groups excluding carboxylic acids is 1. The lowest BCUT2D eigenvalue weighted by atomic mass is 9.84. The standard InChI is InChI=1S/C16H24N2O2/c1-3-12-8-9-18(2)11-14(12)10-17-16(20)13-4-6-15(19)7-5-13/h4-7,12,14,19H,3,8-11H2,1-2H3,(H,17,20). The highest BCUT2D eigenvalue weighted by atomic mass is 16.3. The summed E-state index contributed by atoms with van der Waals surface area (Å²) in [5, 5.41) is 12.3. The molecule has 1 saturated heterocycles. The minimum Gasteiger partial charge on any atom is -0.508 e. The molecule has 0 saturated carbocycles. The zero-order chi connectivity index (χ0) is 14.5. The second-order valence-corrected chi connectivity index (χ2v) is 5.74. The molecule has 4 nitrogen and oxygen atoms in total. The molecule has 2 atom stereocenters. The van der Waals surface area contributed by atoms with Crippen molar-refractivity contribution >= 4 is 5.91 Å². The molecule has 1 aromatic carbocycles. The fourth-order valence-corrected chi connectivity index (χ4v) is 2.97. The summed E-state index contributed by atoms with van der Waals surface area (Å²) < 4.78 is 0. The van der Waals surface area contributed by atoms with Crippen LogP contribution in [0.3, 0.4) is 0 Å². The van der Waals surface area contributed by atoms with E-state index in [1.54, 1.807) is 12.1 Å². The lowest BCUT2D eigenvalue weighted by Gasteiger charge is -2.36. The van der Waals surface area contributed by atoms with Gasteiger partial charge in [-0.2, -0.15) is 0 Å². The van der Waals surface area contributed by atoms with Gasteiger partial charge in [0.2, 0.25) is 0 Å². The van der Waals surface area contributed by atoms with Crippen molar-refractivity contribution in [2.24, 2.45) is 11.8 Å². The van der Waals surface area contributed by atoms with Crippen molar-refractivity contribution in [3.63, 3.8) is 0 Å². The van der Waals surface area contributed by atoms with Gasteiger partial charge in [0.15, 0.2) is 0 Å². The molecule has 0 radical (unpaired) electrons. The highest BCUT2D eigenvalue weighted by Gasteiger charge is 2.26. The van der Waals surface area contributed by atoms with E-state index in [0.29, 0.717) is 17.4 Å². The van der Waals surface area contributed by atoms with Crippen molar-refractivity contribution in [1.29, 1.82) is 0 Å². The smallest absolute Gasteiger partial charge is 0.251 e. The Kier molecular flexibility index (Phi) is 5.01. The Morgan fingerprint density at radius 1 is 1.35 bits per heavy atom. The minimum absolute atomic E-state index is 0.0620. The SMILES string of the molecule is CCC1CCN(C)CC1CNC(=O)c1ccc(O)cc1. The maximum atomic E-state index is 12.1. The third-order valence-corrected chi connectivity index (χ3v) is 4.27. The number of likely N-dealkylation sites (tertiary alicyclic amines) is 1. The zero-order valence-corrected chi connectivity index (χ0v) is 12.3. The van der Waals surface area contributed by atoms with Gasteiger partial charge in [0.25, 0.3) is 5.91 Å². The van der Waals surface area contributed by atoms with E-state index >= 15 is 0 Å². The molecule has 110 valence electrons. The van der Waals surface area contributed by atoms with Crippen molar-refractivity contribution < 1.29 is 9.90 Å². The number of hydrogen-bond donors (Lipinski definition) is 2. The van der Waals surface area contributed by atoms with Gasteiger partial charge in [-0.15, -0.1) is 0 Å².